The number of aromatic nitrogens is 2. The fourth-order valence-corrected chi connectivity index (χ4v) is 1.93. The molecule has 0 spiro atoms. The van der Waals surface area contributed by atoms with Gasteiger partial charge in [-0.25, -0.2) is 4.68 Å². The normalized spacial score (nSPS) is 11.6. The molecule has 0 atom stereocenters. The van der Waals surface area contributed by atoms with Gasteiger partial charge in [0.15, 0.2) is 0 Å². The van der Waals surface area contributed by atoms with Crippen molar-refractivity contribution in [2.75, 3.05) is 34.3 Å². The van der Waals surface area contributed by atoms with Gasteiger partial charge in [-0.1, -0.05) is 30.3 Å². The van der Waals surface area contributed by atoms with Crippen molar-refractivity contribution < 1.29 is 9.22 Å². The zero-order valence-corrected chi connectivity index (χ0v) is 12.8. The van der Waals surface area contributed by atoms with E-state index in [4.69, 9.17) is 4.74 Å². The maximum Gasteiger partial charge on any atom is 0.212 e. The predicted octanol–water partition coefficient (Wildman–Crippen LogP) is 2.32. The molecule has 0 N–H and O–H groups in total. The van der Waals surface area contributed by atoms with Crippen LogP contribution in [-0.2, 0) is 6.54 Å². The Hall–Kier alpha value is -1.81. The second-order valence-electron chi connectivity index (χ2n) is 6.13. The molecule has 0 saturated heterocycles. The lowest BCUT2D eigenvalue weighted by Crippen LogP contribution is -2.38. The van der Waals surface area contributed by atoms with E-state index in [1.807, 2.05) is 35.9 Å². The molecule has 0 bridgehead atoms. The summed E-state index contributed by atoms with van der Waals surface area (Å²) in [5.41, 5.74) is 2.22. The second kappa shape index (κ2) is 6.09. The smallest absolute Gasteiger partial charge is 0.212 e. The van der Waals surface area contributed by atoms with E-state index >= 15 is 0 Å². The van der Waals surface area contributed by atoms with Gasteiger partial charge in [-0.05, 0) is 12.5 Å². The molecular weight excluding hydrogens is 250 g/mol. The van der Waals surface area contributed by atoms with Gasteiger partial charge >= 0.3 is 0 Å². The van der Waals surface area contributed by atoms with E-state index in [1.54, 1.807) is 0 Å². The van der Waals surface area contributed by atoms with E-state index in [-0.39, 0.29) is 0 Å². The first kappa shape index (κ1) is 14.6. The molecule has 1 heterocycles. The van der Waals surface area contributed by atoms with Gasteiger partial charge in [-0.15, -0.1) is 0 Å². The second-order valence-corrected chi connectivity index (χ2v) is 6.13. The van der Waals surface area contributed by atoms with Crippen LogP contribution in [0.5, 0.6) is 5.88 Å². The molecule has 0 fully saturated rings. The summed E-state index contributed by atoms with van der Waals surface area (Å²) in [5, 5.41) is 4.51. The molecule has 4 heteroatoms. The molecule has 0 amide bonds. The zero-order chi connectivity index (χ0) is 14.6. The topological polar surface area (TPSA) is 27.1 Å². The summed E-state index contributed by atoms with van der Waals surface area (Å²) in [6, 6.07) is 12.3. The summed E-state index contributed by atoms with van der Waals surface area (Å²) in [6.45, 7) is 4.40. The summed E-state index contributed by atoms with van der Waals surface area (Å²) < 4.78 is 8.72. The van der Waals surface area contributed by atoms with Gasteiger partial charge in [0, 0.05) is 6.07 Å². The third-order valence-electron chi connectivity index (χ3n) is 3.05. The van der Waals surface area contributed by atoms with Gasteiger partial charge in [-0.3, -0.25) is 0 Å². The van der Waals surface area contributed by atoms with Crippen LogP contribution in [0.3, 0.4) is 0 Å². The number of likely N-dealkylation sites (N-methyl/N-ethyl adjacent to an activating group) is 1. The van der Waals surface area contributed by atoms with Crippen LogP contribution in [0.4, 0.5) is 0 Å². The van der Waals surface area contributed by atoms with Crippen molar-refractivity contribution in [2.45, 2.75) is 13.5 Å². The SMILES string of the molecule is Cc1cc(OCC[N+](C)(C)C)n(Cc2ccccc2)n1. The van der Waals surface area contributed by atoms with E-state index in [0.29, 0.717) is 6.61 Å². The fourth-order valence-electron chi connectivity index (χ4n) is 1.93. The van der Waals surface area contributed by atoms with Crippen LogP contribution in [0.2, 0.25) is 0 Å². The molecule has 0 saturated carbocycles. The van der Waals surface area contributed by atoms with Gasteiger partial charge in [0.2, 0.25) is 5.88 Å². The summed E-state index contributed by atoms with van der Waals surface area (Å²) >= 11 is 0. The van der Waals surface area contributed by atoms with Gasteiger partial charge in [0.1, 0.15) is 13.2 Å². The largest absolute Gasteiger partial charge is 0.472 e. The maximum absolute atomic E-state index is 5.89. The van der Waals surface area contributed by atoms with Crippen LogP contribution in [0, 0.1) is 6.92 Å². The molecule has 108 valence electrons. The van der Waals surface area contributed by atoms with E-state index < -0.39 is 0 Å². The number of nitrogens with zero attached hydrogens (tertiary/aromatic N) is 3. The van der Waals surface area contributed by atoms with E-state index in [2.05, 4.69) is 38.4 Å². The highest BCUT2D eigenvalue weighted by Gasteiger charge is 2.10. The lowest BCUT2D eigenvalue weighted by Gasteiger charge is -2.23. The summed E-state index contributed by atoms with van der Waals surface area (Å²) in [5.74, 6) is 0.847. The van der Waals surface area contributed by atoms with Crippen LogP contribution in [0.25, 0.3) is 0 Å². The van der Waals surface area contributed by atoms with Crippen molar-refractivity contribution in [3.05, 3.63) is 47.7 Å². The monoisotopic (exact) mass is 274 g/mol. The first-order valence-corrected chi connectivity index (χ1v) is 6.96. The molecular formula is C16H24N3O+. The van der Waals surface area contributed by atoms with Crippen LogP contribution >= 0.6 is 0 Å². The summed E-state index contributed by atoms with van der Waals surface area (Å²) in [4.78, 5) is 0. The zero-order valence-electron chi connectivity index (χ0n) is 12.8. The molecule has 0 aliphatic rings. The molecule has 2 aromatic rings. The Labute approximate surface area is 121 Å². The highest BCUT2D eigenvalue weighted by Crippen LogP contribution is 2.15. The molecule has 0 aliphatic carbocycles. The lowest BCUT2D eigenvalue weighted by atomic mass is 10.2. The Morgan fingerprint density at radius 2 is 1.85 bits per heavy atom. The maximum atomic E-state index is 5.89. The molecule has 0 radical (unpaired) electrons. The average Bonchev–Trinajstić information content (AvgIpc) is 2.69. The Balaban J connectivity index is 2.03. The summed E-state index contributed by atoms with van der Waals surface area (Å²) in [7, 11) is 6.49. The van der Waals surface area contributed by atoms with Crippen LogP contribution in [-0.4, -0.2) is 48.6 Å². The minimum atomic E-state index is 0.698. The number of benzene rings is 1. The number of rotatable bonds is 6. The highest BCUT2D eigenvalue weighted by molar-refractivity contribution is 5.20. The number of hydrogen-bond acceptors (Lipinski definition) is 2. The van der Waals surface area contributed by atoms with Crippen LogP contribution in [0.15, 0.2) is 36.4 Å². The minimum Gasteiger partial charge on any atom is -0.472 e. The predicted molar refractivity (Wildman–Crippen MR) is 80.9 cm³/mol. The van der Waals surface area contributed by atoms with Crippen LogP contribution in [0.1, 0.15) is 11.3 Å². The quantitative estimate of drug-likeness (QED) is 0.756. The van der Waals surface area contributed by atoms with Crippen molar-refractivity contribution in [3.63, 3.8) is 0 Å². The third kappa shape index (κ3) is 4.38. The van der Waals surface area contributed by atoms with Gasteiger partial charge in [0.05, 0.1) is 33.4 Å². The van der Waals surface area contributed by atoms with E-state index in [1.165, 1.54) is 5.56 Å². The average molecular weight is 274 g/mol. The molecule has 0 unspecified atom stereocenters. The van der Waals surface area contributed by atoms with Crippen molar-refractivity contribution in [1.29, 1.82) is 0 Å². The third-order valence-corrected chi connectivity index (χ3v) is 3.05. The molecule has 0 aliphatic heterocycles. The van der Waals surface area contributed by atoms with Crippen molar-refractivity contribution in [2.24, 2.45) is 0 Å². The van der Waals surface area contributed by atoms with Crippen molar-refractivity contribution >= 4 is 0 Å². The fraction of sp³-hybridized carbons (Fsp3) is 0.438. The number of aryl methyl sites for hydroxylation is 1. The Morgan fingerprint density at radius 3 is 2.50 bits per heavy atom. The van der Waals surface area contributed by atoms with Gasteiger partial charge in [-0.2, -0.15) is 5.10 Å². The molecule has 20 heavy (non-hydrogen) atoms. The molecule has 2 rings (SSSR count). The number of quaternary nitrogens is 1. The molecule has 1 aromatic carbocycles. The minimum absolute atomic E-state index is 0.698. The van der Waals surface area contributed by atoms with Crippen molar-refractivity contribution in [3.8, 4) is 5.88 Å². The first-order chi connectivity index (χ1) is 9.44. The van der Waals surface area contributed by atoms with E-state index in [9.17, 15) is 0 Å². The van der Waals surface area contributed by atoms with E-state index in [0.717, 1.165) is 29.1 Å². The standard InChI is InChI=1S/C16H24N3O/c1-14-12-16(20-11-10-19(2,3)4)18(17-14)13-15-8-6-5-7-9-15/h5-9,12H,10-11,13H2,1-4H3/q+1. The Kier molecular flexibility index (Phi) is 4.45. The number of ether oxygens (including phenoxy) is 1. The summed E-state index contributed by atoms with van der Waals surface area (Å²) in [6.07, 6.45) is 0. The Morgan fingerprint density at radius 1 is 1.15 bits per heavy atom. The lowest BCUT2D eigenvalue weighted by molar-refractivity contribution is -0.870. The Bertz CT molecular complexity index is 541. The molecule has 4 nitrogen and oxygen atoms in total. The number of hydrogen-bond donors (Lipinski definition) is 0. The highest BCUT2D eigenvalue weighted by atomic mass is 16.5. The van der Waals surface area contributed by atoms with Crippen molar-refractivity contribution in [1.82, 2.24) is 9.78 Å². The van der Waals surface area contributed by atoms with Gasteiger partial charge < -0.3 is 9.22 Å². The molecule has 1 aromatic heterocycles. The van der Waals surface area contributed by atoms with Gasteiger partial charge in [0.25, 0.3) is 0 Å². The first-order valence-electron chi connectivity index (χ1n) is 6.96. The van der Waals surface area contributed by atoms with Crippen LogP contribution < -0.4 is 4.74 Å².